The average Bonchev–Trinajstić information content (AvgIpc) is 2.37. The number of aliphatic hydroxyl groups is 1. The van der Waals surface area contributed by atoms with Crippen LogP contribution in [0.4, 0.5) is 0 Å². The normalized spacial score (nSPS) is 23.9. The number of hydrogen-bond acceptors (Lipinski definition) is 3. The fraction of sp³-hybridized carbons (Fsp3) is 0.929. The van der Waals surface area contributed by atoms with E-state index in [-0.39, 0.29) is 12.5 Å². The molecular weight excluding hydrogens is 228 g/mol. The third-order valence-corrected chi connectivity index (χ3v) is 3.93. The van der Waals surface area contributed by atoms with E-state index in [1.807, 2.05) is 11.9 Å². The van der Waals surface area contributed by atoms with Gasteiger partial charge in [-0.1, -0.05) is 0 Å². The number of unbranched alkanes of at least 4 members (excludes halogenated alkanes) is 2. The van der Waals surface area contributed by atoms with E-state index >= 15 is 0 Å². The number of aliphatic hydroxyl groups excluding tert-OH is 1. The highest BCUT2D eigenvalue weighted by Crippen LogP contribution is 2.26. The van der Waals surface area contributed by atoms with E-state index in [0.29, 0.717) is 18.4 Å². The number of rotatable bonds is 7. The van der Waals surface area contributed by atoms with E-state index in [4.69, 9.17) is 10.8 Å². The molecule has 1 aliphatic rings. The molecule has 4 nitrogen and oxygen atoms in total. The van der Waals surface area contributed by atoms with Gasteiger partial charge in [0.15, 0.2) is 0 Å². The van der Waals surface area contributed by atoms with Crippen molar-refractivity contribution in [3.63, 3.8) is 0 Å². The lowest BCUT2D eigenvalue weighted by atomic mass is 9.84. The average molecular weight is 256 g/mol. The number of nitrogens with two attached hydrogens (primary N) is 1. The smallest absolute Gasteiger partial charge is 0.222 e. The lowest BCUT2D eigenvalue weighted by Gasteiger charge is -2.27. The van der Waals surface area contributed by atoms with Crippen LogP contribution in [0.3, 0.4) is 0 Å². The number of carbonyl (C=O) groups is 1. The Morgan fingerprint density at radius 3 is 2.50 bits per heavy atom. The third kappa shape index (κ3) is 5.83. The zero-order chi connectivity index (χ0) is 13.4. The molecule has 0 spiro atoms. The van der Waals surface area contributed by atoms with Gasteiger partial charge < -0.3 is 15.7 Å². The Labute approximate surface area is 111 Å². The van der Waals surface area contributed by atoms with Crippen molar-refractivity contribution in [2.75, 3.05) is 20.2 Å². The predicted molar refractivity (Wildman–Crippen MR) is 73.1 cm³/mol. The predicted octanol–water partition coefficient (Wildman–Crippen LogP) is 1.51. The number of carbonyl (C=O) groups excluding carboxylic acids is 1. The van der Waals surface area contributed by atoms with Crippen LogP contribution >= 0.6 is 0 Å². The molecule has 0 atom stereocenters. The maximum atomic E-state index is 12.0. The van der Waals surface area contributed by atoms with E-state index in [1.54, 1.807) is 0 Å². The van der Waals surface area contributed by atoms with Crippen molar-refractivity contribution in [1.82, 2.24) is 4.90 Å². The van der Waals surface area contributed by atoms with Gasteiger partial charge >= 0.3 is 0 Å². The topological polar surface area (TPSA) is 66.6 Å². The van der Waals surface area contributed by atoms with Crippen molar-refractivity contribution < 1.29 is 9.90 Å². The summed E-state index contributed by atoms with van der Waals surface area (Å²) in [6.07, 6.45) is 7.84. The summed E-state index contributed by atoms with van der Waals surface area (Å²) >= 11 is 0. The van der Waals surface area contributed by atoms with Crippen LogP contribution in [-0.2, 0) is 4.79 Å². The Morgan fingerprint density at radius 1 is 1.22 bits per heavy atom. The van der Waals surface area contributed by atoms with Gasteiger partial charge in [0.1, 0.15) is 0 Å². The van der Waals surface area contributed by atoms with Gasteiger partial charge in [0.25, 0.3) is 0 Å². The molecule has 3 N–H and O–H groups in total. The van der Waals surface area contributed by atoms with Gasteiger partial charge in [-0.15, -0.1) is 0 Å². The summed E-state index contributed by atoms with van der Waals surface area (Å²) in [6.45, 7) is 1.06. The highest BCUT2D eigenvalue weighted by Gasteiger charge is 2.22. The van der Waals surface area contributed by atoms with Gasteiger partial charge in [-0.2, -0.15) is 0 Å². The van der Waals surface area contributed by atoms with Gasteiger partial charge in [-0.25, -0.2) is 0 Å². The van der Waals surface area contributed by atoms with Crippen LogP contribution in [-0.4, -0.2) is 42.2 Å². The second kappa shape index (κ2) is 8.48. The molecule has 0 saturated heterocycles. The standard InChI is InChI=1S/C14H28N2O2/c1-16(9-3-2-4-10-17)14(18)11-12-5-7-13(15)8-6-12/h12-13,17H,2-11,15H2,1H3. The van der Waals surface area contributed by atoms with Crippen molar-refractivity contribution in [3.8, 4) is 0 Å². The molecule has 4 heteroatoms. The fourth-order valence-corrected chi connectivity index (χ4v) is 2.56. The van der Waals surface area contributed by atoms with Crippen LogP contribution in [0.15, 0.2) is 0 Å². The van der Waals surface area contributed by atoms with E-state index in [1.165, 1.54) is 0 Å². The molecule has 0 bridgehead atoms. The number of nitrogens with zero attached hydrogens (tertiary/aromatic N) is 1. The molecule has 0 heterocycles. The summed E-state index contributed by atoms with van der Waals surface area (Å²) in [5.41, 5.74) is 5.87. The highest BCUT2D eigenvalue weighted by atomic mass is 16.2. The molecular formula is C14H28N2O2. The van der Waals surface area contributed by atoms with Crippen molar-refractivity contribution in [1.29, 1.82) is 0 Å². The summed E-state index contributed by atoms with van der Waals surface area (Å²) in [7, 11) is 1.88. The van der Waals surface area contributed by atoms with E-state index < -0.39 is 0 Å². The molecule has 1 amide bonds. The lowest BCUT2D eigenvalue weighted by Crippen LogP contribution is -2.32. The van der Waals surface area contributed by atoms with Gasteiger partial charge in [-0.05, 0) is 50.9 Å². The minimum atomic E-state index is 0.250. The quantitative estimate of drug-likeness (QED) is 0.679. The minimum absolute atomic E-state index is 0.250. The first-order valence-electron chi connectivity index (χ1n) is 7.24. The van der Waals surface area contributed by atoms with Crippen LogP contribution in [0.2, 0.25) is 0 Å². The molecule has 1 saturated carbocycles. The minimum Gasteiger partial charge on any atom is -0.396 e. The highest BCUT2D eigenvalue weighted by molar-refractivity contribution is 5.76. The molecule has 1 fully saturated rings. The van der Waals surface area contributed by atoms with E-state index in [2.05, 4.69) is 0 Å². The Hall–Kier alpha value is -0.610. The van der Waals surface area contributed by atoms with Crippen molar-refractivity contribution in [2.45, 2.75) is 57.4 Å². The van der Waals surface area contributed by atoms with Crippen molar-refractivity contribution in [3.05, 3.63) is 0 Å². The summed E-state index contributed by atoms with van der Waals surface area (Å²) in [5.74, 6) is 0.802. The molecule has 1 aliphatic carbocycles. The van der Waals surface area contributed by atoms with Gasteiger partial charge in [0.2, 0.25) is 5.91 Å². The molecule has 18 heavy (non-hydrogen) atoms. The lowest BCUT2D eigenvalue weighted by molar-refractivity contribution is -0.131. The number of hydrogen-bond donors (Lipinski definition) is 2. The maximum Gasteiger partial charge on any atom is 0.222 e. The summed E-state index contributed by atoms with van der Waals surface area (Å²) < 4.78 is 0. The monoisotopic (exact) mass is 256 g/mol. The van der Waals surface area contributed by atoms with Crippen LogP contribution < -0.4 is 5.73 Å². The van der Waals surface area contributed by atoms with E-state index in [9.17, 15) is 4.79 Å². The Balaban J connectivity index is 2.15. The Kier molecular flexibility index (Phi) is 7.28. The zero-order valence-corrected chi connectivity index (χ0v) is 11.6. The van der Waals surface area contributed by atoms with Crippen LogP contribution in [0.5, 0.6) is 0 Å². The summed E-state index contributed by atoms with van der Waals surface area (Å²) in [6, 6.07) is 0.354. The Bertz CT molecular complexity index is 238. The molecule has 0 unspecified atom stereocenters. The number of amides is 1. The van der Waals surface area contributed by atoms with Crippen LogP contribution in [0, 0.1) is 5.92 Å². The molecule has 0 radical (unpaired) electrons. The van der Waals surface area contributed by atoms with E-state index in [0.717, 1.165) is 51.5 Å². The van der Waals surface area contributed by atoms with Gasteiger partial charge in [0.05, 0.1) is 0 Å². The maximum absolute atomic E-state index is 12.0. The third-order valence-electron chi connectivity index (χ3n) is 3.93. The first kappa shape index (κ1) is 15.4. The van der Waals surface area contributed by atoms with Crippen molar-refractivity contribution >= 4 is 5.91 Å². The fourth-order valence-electron chi connectivity index (χ4n) is 2.56. The van der Waals surface area contributed by atoms with Gasteiger partial charge in [-0.3, -0.25) is 4.79 Å². The molecule has 106 valence electrons. The molecule has 0 aromatic carbocycles. The second-order valence-corrected chi connectivity index (χ2v) is 5.58. The Morgan fingerprint density at radius 2 is 1.89 bits per heavy atom. The zero-order valence-electron chi connectivity index (χ0n) is 11.6. The molecule has 0 aromatic heterocycles. The largest absolute Gasteiger partial charge is 0.396 e. The molecule has 0 aliphatic heterocycles. The molecule has 0 aromatic rings. The first-order valence-corrected chi connectivity index (χ1v) is 7.24. The van der Waals surface area contributed by atoms with Gasteiger partial charge in [0, 0.05) is 32.7 Å². The van der Waals surface area contributed by atoms with Crippen LogP contribution in [0.1, 0.15) is 51.4 Å². The summed E-state index contributed by atoms with van der Waals surface area (Å²) in [4.78, 5) is 13.8. The van der Waals surface area contributed by atoms with Crippen LogP contribution in [0.25, 0.3) is 0 Å². The second-order valence-electron chi connectivity index (χ2n) is 5.58. The van der Waals surface area contributed by atoms with Crippen molar-refractivity contribution in [2.24, 2.45) is 11.7 Å². The summed E-state index contributed by atoms with van der Waals surface area (Å²) in [5, 5.41) is 8.69. The SMILES string of the molecule is CN(CCCCCO)C(=O)CC1CCC(N)CC1. The molecule has 1 rings (SSSR count). The first-order chi connectivity index (χ1) is 8.63.